The molecule has 4 aromatic rings. The van der Waals surface area contributed by atoms with E-state index in [1.54, 1.807) is 16.8 Å². The number of benzene rings is 2. The summed E-state index contributed by atoms with van der Waals surface area (Å²) in [6.07, 6.45) is 4.13. The molecule has 2 aromatic carbocycles. The van der Waals surface area contributed by atoms with Gasteiger partial charge in [0.1, 0.15) is 11.3 Å². The van der Waals surface area contributed by atoms with E-state index in [1.165, 1.54) is 25.4 Å². The maximum Gasteiger partial charge on any atom is 0.261 e. The second kappa shape index (κ2) is 8.07. The van der Waals surface area contributed by atoms with E-state index in [0.29, 0.717) is 16.9 Å². The first-order chi connectivity index (χ1) is 14.9. The first kappa shape index (κ1) is 20.4. The Labute approximate surface area is 178 Å². The van der Waals surface area contributed by atoms with Gasteiger partial charge in [-0.2, -0.15) is 5.10 Å². The SMILES string of the molecule is COc1cc(NC(=O)c2cnn3c(-c4ccccc4)ccnc23)ccc1NS(C)(=O)=O. The molecule has 2 N–H and O–H groups in total. The molecule has 0 aliphatic heterocycles. The van der Waals surface area contributed by atoms with Gasteiger partial charge in [0, 0.05) is 23.5 Å². The highest BCUT2D eigenvalue weighted by Crippen LogP contribution is 2.29. The monoisotopic (exact) mass is 437 g/mol. The Bertz CT molecular complexity index is 1370. The summed E-state index contributed by atoms with van der Waals surface area (Å²) >= 11 is 0. The van der Waals surface area contributed by atoms with Crippen molar-refractivity contribution >= 4 is 33.0 Å². The van der Waals surface area contributed by atoms with Crippen molar-refractivity contribution in [2.45, 2.75) is 0 Å². The van der Waals surface area contributed by atoms with Gasteiger partial charge >= 0.3 is 0 Å². The molecule has 0 saturated carbocycles. The van der Waals surface area contributed by atoms with E-state index < -0.39 is 15.9 Å². The summed E-state index contributed by atoms with van der Waals surface area (Å²) in [5, 5.41) is 7.11. The van der Waals surface area contributed by atoms with Crippen molar-refractivity contribution in [3.8, 4) is 17.0 Å². The van der Waals surface area contributed by atoms with Crippen LogP contribution in [-0.2, 0) is 10.0 Å². The number of methoxy groups -OCH3 is 1. The van der Waals surface area contributed by atoms with E-state index in [2.05, 4.69) is 20.1 Å². The Hall–Kier alpha value is -3.92. The molecule has 0 spiro atoms. The van der Waals surface area contributed by atoms with E-state index in [1.807, 2.05) is 36.4 Å². The summed E-state index contributed by atoms with van der Waals surface area (Å²) in [5.41, 5.74) is 3.18. The van der Waals surface area contributed by atoms with Gasteiger partial charge in [-0.1, -0.05) is 30.3 Å². The largest absolute Gasteiger partial charge is 0.494 e. The molecule has 0 radical (unpaired) electrons. The summed E-state index contributed by atoms with van der Waals surface area (Å²) in [5.74, 6) is -0.133. The van der Waals surface area contributed by atoms with Gasteiger partial charge in [0.2, 0.25) is 10.0 Å². The van der Waals surface area contributed by atoms with E-state index in [-0.39, 0.29) is 11.4 Å². The number of hydrogen-bond donors (Lipinski definition) is 2. The van der Waals surface area contributed by atoms with Crippen LogP contribution in [0.2, 0.25) is 0 Å². The Morgan fingerprint density at radius 3 is 2.58 bits per heavy atom. The molecule has 0 aliphatic carbocycles. The maximum absolute atomic E-state index is 12.9. The summed E-state index contributed by atoms with van der Waals surface area (Å²) < 4.78 is 32.2. The molecule has 10 heteroatoms. The van der Waals surface area contributed by atoms with Crippen LogP contribution in [-0.4, -0.2) is 42.3 Å². The zero-order chi connectivity index (χ0) is 22.0. The second-order valence-corrected chi connectivity index (χ2v) is 8.48. The van der Waals surface area contributed by atoms with Crippen LogP contribution in [0.1, 0.15) is 10.4 Å². The third-order valence-electron chi connectivity index (χ3n) is 4.47. The Morgan fingerprint density at radius 1 is 1.10 bits per heavy atom. The Morgan fingerprint density at radius 2 is 1.87 bits per heavy atom. The molecule has 158 valence electrons. The smallest absolute Gasteiger partial charge is 0.261 e. The topological polar surface area (TPSA) is 115 Å². The molecule has 0 saturated heterocycles. The van der Waals surface area contributed by atoms with Crippen LogP contribution in [0.5, 0.6) is 5.75 Å². The number of ether oxygens (including phenoxy) is 1. The molecule has 1 amide bonds. The van der Waals surface area contributed by atoms with Crippen molar-refractivity contribution in [3.05, 3.63) is 72.6 Å². The molecule has 0 atom stereocenters. The minimum absolute atomic E-state index is 0.271. The lowest BCUT2D eigenvalue weighted by molar-refractivity contribution is 0.102. The lowest BCUT2D eigenvalue weighted by Gasteiger charge is -2.12. The van der Waals surface area contributed by atoms with Crippen LogP contribution < -0.4 is 14.8 Å². The van der Waals surface area contributed by atoms with E-state index in [9.17, 15) is 13.2 Å². The molecule has 0 bridgehead atoms. The molecule has 0 aliphatic rings. The van der Waals surface area contributed by atoms with Crippen LogP contribution in [0.25, 0.3) is 16.9 Å². The molecular formula is C21H19N5O4S. The average Bonchev–Trinajstić information content (AvgIpc) is 3.19. The third-order valence-corrected chi connectivity index (χ3v) is 5.06. The molecule has 31 heavy (non-hydrogen) atoms. The molecular weight excluding hydrogens is 418 g/mol. The fraction of sp³-hybridized carbons (Fsp3) is 0.0952. The first-order valence-electron chi connectivity index (χ1n) is 9.21. The normalized spacial score (nSPS) is 11.3. The fourth-order valence-electron chi connectivity index (χ4n) is 3.13. The highest BCUT2D eigenvalue weighted by atomic mass is 32.2. The second-order valence-electron chi connectivity index (χ2n) is 6.73. The Kier molecular flexibility index (Phi) is 5.30. The molecule has 2 aromatic heterocycles. The van der Waals surface area contributed by atoms with E-state index in [4.69, 9.17) is 4.74 Å². The number of anilines is 2. The summed E-state index contributed by atoms with van der Waals surface area (Å²) in [7, 11) is -2.06. The van der Waals surface area contributed by atoms with Gasteiger partial charge in [-0.25, -0.2) is 17.9 Å². The molecule has 2 heterocycles. The van der Waals surface area contributed by atoms with Gasteiger partial charge in [-0.15, -0.1) is 0 Å². The number of carbonyl (C=O) groups excluding carboxylic acids is 1. The predicted octanol–water partition coefficient (Wildman–Crippen LogP) is 3.03. The van der Waals surface area contributed by atoms with Gasteiger partial charge in [-0.3, -0.25) is 9.52 Å². The number of aromatic nitrogens is 3. The van der Waals surface area contributed by atoms with Crippen molar-refractivity contribution in [2.24, 2.45) is 0 Å². The zero-order valence-electron chi connectivity index (χ0n) is 16.7. The van der Waals surface area contributed by atoms with Gasteiger partial charge in [0.05, 0.1) is 30.9 Å². The molecule has 0 unspecified atom stereocenters. The molecule has 4 rings (SSSR count). The predicted molar refractivity (Wildman–Crippen MR) is 118 cm³/mol. The number of nitrogens with zero attached hydrogens (tertiary/aromatic N) is 3. The average molecular weight is 437 g/mol. The number of fused-ring (bicyclic) bond motifs is 1. The molecule has 9 nitrogen and oxygen atoms in total. The number of hydrogen-bond acceptors (Lipinski definition) is 6. The Balaban J connectivity index is 1.64. The minimum Gasteiger partial charge on any atom is -0.494 e. The molecule has 0 fully saturated rings. The first-order valence-corrected chi connectivity index (χ1v) is 11.1. The summed E-state index contributed by atoms with van der Waals surface area (Å²) in [6.45, 7) is 0. The van der Waals surface area contributed by atoms with Gasteiger partial charge < -0.3 is 10.1 Å². The van der Waals surface area contributed by atoms with Crippen molar-refractivity contribution in [1.82, 2.24) is 14.6 Å². The van der Waals surface area contributed by atoms with E-state index in [0.717, 1.165) is 17.5 Å². The zero-order valence-corrected chi connectivity index (χ0v) is 17.6. The third kappa shape index (κ3) is 4.33. The van der Waals surface area contributed by atoms with Crippen molar-refractivity contribution in [2.75, 3.05) is 23.4 Å². The van der Waals surface area contributed by atoms with Crippen LogP contribution in [0.3, 0.4) is 0 Å². The number of amides is 1. The van der Waals surface area contributed by atoms with Crippen LogP contribution >= 0.6 is 0 Å². The maximum atomic E-state index is 12.9. The van der Waals surface area contributed by atoms with Crippen molar-refractivity contribution in [3.63, 3.8) is 0 Å². The lowest BCUT2D eigenvalue weighted by atomic mass is 10.1. The summed E-state index contributed by atoms with van der Waals surface area (Å²) in [6, 6.07) is 16.1. The quantitative estimate of drug-likeness (QED) is 0.479. The standard InChI is InChI=1S/C21H19N5O4S/c1-30-19-12-15(8-9-17(19)25-31(2,28)29)24-21(27)16-13-23-26-18(10-11-22-20(16)26)14-6-4-3-5-7-14/h3-13,25H,1-2H3,(H,24,27). The highest BCUT2D eigenvalue weighted by molar-refractivity contribution is 7.92. The number of sulfonamides is 1. The van der Waals surface area contributed by atoms with Crippen molar-refractivity contribution < 1.29 is 17.9 Å². The van der Waals surface area contributed by atoms with Crippen LogP contribution in [0.4, 0.5) is 11.4 Å². The minimum atomic E-state index is -3.47. The fourth-order valence-corrected chi connectivity index (χ4v) is 3.70. The van der Waals surface area contributed by atoms with Crippen LogP contribution in [0, 0.1) is 0 Å². The van der Waals surface area contributed by atoms with E-state index >= 15 is 0 Å². The number of nitrogens with one attached hydrogen (secondary N) is 2. The number of carbonyl (C=O) groups is 1. The van der Waals surface area contributed by atoms with Gasteiger partial charge in [-0.05, 0) is 18.2 Å². The lowest BCUT2D eigenvalue weighted by Crippen LogP contribution is -2.13. The van der Waals surface area contributed by atoms with Gasteiger partial charge in [0.25, 0.3) is 5.91 Å². The number of rotatable bonds is 6. The van der Waals surface area contributed by atoms with Crippen LogP contribution in [0.15, 0.2) is 67.0 Å². The summed E-state index contributed by atoms with van der Waals surface area (Å²) in [4.78, 5) is 17.2. The van der Waals surface area contributed by atoms with Gasteiger partial charge in [0.15, 0.2) is 5.65 Å². The highest BCUT2D eigenvalue weighted by Gasteiger charge is 2.17. The van der Waals surface area contributed by atoms with Crippen molar-refractivity contribution in [1.29, 1.82) is 0 Å².